The lowest BCUT2D eigenvalue weighted by Crippen LogP contribution is -2.41. The van der Waals surface area contributed by atoms with Gasteiger partial charge in [-0.1, -0.05) is 25.5 Å². The number of hydrogen-bond acceptors (Lipinski definition) is 7. The van der Waals surface area contributed by atoms with Crippen LogP contribution in [-0.2, 0) is 14.3 Å². The molecule has 156 valence electrons. The molecule has 0 bridgehead atoms. The van der Waals surface area contributed by atoms with E-state index >= 15 is 0 Å². The van der Waals surface area contributed by atoms with Crippen LogP contribution in [0.5, 0.6) is 0 Å². The smallest absolute Gasteiger partial charge is 0.340 e. The lowest BCUT2D eigenvalue weighted by Gasteiger charge is -2.26. The summed E-state index contributed by atoms with van der Waals surface area (Å²) in [4.78, 5) is 26.7. The number of carbonyl (C=O) groups excluding carboxylic acids is 2. The molecule has 8 nitrogen and oxygen atoms in total. The van der Waals surface area contributed by atoms with E-state index in [1.807, 2.05) is 13.0 Å². The highest BCUT2D eigenvalue weighted by Crippen LogP contribution is 2.17. The Morgan fingerprint density at radius 3 is 2.79 bits per heavy atom. The molecular formula is C21H28N4O4. The van der Waals surface area contributed by atoms with E-state index in [4.69, 9.17) is 9.47 Å². The third-order valence-electron chi connectivity index (χ3n) is 4.43. The minimum atomic E-state index is -0.462. The minimum Gasteiger partial charge on any atom is -0.462 e. The normalized spacial score (nSPS) is 14.7. The Labute approximate surface area is 171 Å². The summed E-state index contributed by atoms with van der Waals surface area (Å²) >= 11 is 0. The van der Waals surface area contributed by atoms with Gasteiger partial charge < -0.3 is 20.1 Å². The second-order valence-electron chi connectivity index (χ2n) is 6.56. The fraction of sp³-hybridized carbons (Fsp3) is 0.476. The highest BCUT2D eigenvalue weighted by molar-refractivity contribution is 5.98. The lowest BCUT2D eigenvalue weighted by atomic mass is 10.1. The first-order valence-corrected chi connectivity index (χ1v) is 9.87. The second-order valence-corrected chi connectivity index (χ2v) is 6.56. The van der Waals surface area contributed by atoms with E-state index < -0.39 is 11.9 Å². The number of anilines is 1. The first kappa shape index (κ1) is 22.4. The van der Waals surface area contributed by atoms with Gasteiger partial charge in [0.05, 0.1) is 31.1 Å². The number of hydrogen-bond donors (Lipinski definition) is 2. The summed E-state index contributed by atoms with van der Waals surface area (Å²) in [5.41, 5.74) is 0.758. The van der Waals surface area contributed by atoms with Gasteiger partial charge in [-0.25, -0.2) is 4.79 Å². The number of rotatable bonds is 10. The molecule has 1 fully saturated rings. The van der Waals surface area contributed by atoms with Gasteiger partial charge in [-0.05, 0) is 18.6 Å². The van der Waals surface area contributed by atoms with Crippen LogP contribution in [0.1, 0.15) is 30.1 Å². The summed E-state index contributed by atoms with van der Waals surface area (Å²) in [7, 11) is 0. The Balaban J connectivity index is 1.91. The predicted molar refractivity (Wildman–Crippen MR) is 109 cm³/mol. The summed E-state index contributed by atoms with van der Waals surface area (Å²) in [5.74, 6) is -0.903. The molecular weight excluding hydrogens is 372 g/mol. The quantitative estimate of drug-likeness (QED) is 0.268. The molecule has 1 aromatic carbocycles. The van der Waals surface area contributed by atoms with Crippen molar-refractivity contribution in [3.63, 3.8) is 0 Å². The van der Waals surface area contributed by atoms with Gasteiger partial charge >= 0.3 is 5.97 Å². The maximum absolute atomic E-state index is 12.3. The molecule has 0 saturated carbocycles. The zero-order valence-corrected chi connectivity index (χ0v) is 16.8. The van der Waals surface area contributed by atoms with Crippen molar-refractivity contribution in [2.24, 2.45) is 0 Å². The number of nitriles is 1. The van der Waals surface area contributed by atoms with Gasteiger partial charge in [-0.15, -0.1) is 0 Å². The molecule has 0 aliphatic carbocycles. The first-order valence-electron chi connectivity index (χ1n) is 9.87. The van der Waals surface area contributed by atoms with Gasteiger partial charge in [-0.2, -0.15) is 5.26 Å². The highest BCUT2D eigenvalue weighted by Gasteiger charge is 2.14. The van der Waals surface area contributed by atoms with Crippen molar-refractivity contribution < 1.29 is 19.1 Å². The van der Waals surface area contributed by atoms with Crippen molar-refractivity contribution >= 4 is 17.6 Å². The molecule has 1 saturated heterocycles. The van der Waals surface area contributed by atoms with Crippen molar-refractivity contribution in [3.05, 3.63) is 41.6 Å². The van der Waals surface area contributed by atoms with E-state index in [0.717, 1.165) is 25.9 Å². The first-order chi connectivity index (χ1) is 14.2. The fourth-order valence-corrected chi connectivity index (χ4v) is 2.72. The van der Waals surface area contributed by atoms with Crippen molar-refractivity contribution in [1.82, 2.24) is 10.2 Å². The number of para-hydroxylation sites is 1. The van der Waals surface area contributed by atoms with E-state index in [0.29, 0.717) is 44.2 Å². The van der Waals surface area contributed by atoms with E-state index in [9.17, 15) is 14.9 Å². The summed E-state index contributed by atoms with van der Waals surface area (Å²) in [6, 6.07) is 8.71. The Bertz CT molecular complexity index is 751. The van der Waals surface area contributed by atoms with Crippen molar-refractivity contribution in [2.45, 2.75) is 19.8 Å². The second kappa shape index (κ2) is 12.5. The minimum absolute atomic E-state index is 0.0684. The van der Waals surface area contributed by atoms with Gasteiger partial charge in [0, 0.05) is 32.4 Å². The SMILES string of the molecule is CCCCOC(=O)c1ccccc1N/C=C(/C#N)C(=O)NCCN1CCOCC1. The van der Waals surface area contributed by atoms with Crippen LogP contribution in [0, 0.1) is 11.3 Å². The standard InChI is InChI=1S/C21H28N4O4/c1-2-3-12-29-21(27)18-6-4-5-7-19(18)24-16-17(15-22)20(26)23-8-9-25-10-13-28-14-11-25/h4-7,16,24H,2-3,8-14H2,1H3,(H,23,26)/b17-16-. The molecule has 0 atom stereocenters. The summed E-state index contributed by atoms with van der Waals surface area (Å²) in [6.07, 6.45) is 3.04. The molecule has 1 aliphatic rings. The number of carbonyl (C=O) groups is 2. The van der Waals surface area contributed by atoms with E-state index in [-0.39, 0.29) is 5.57 Å². The Kier molecular flexibility index (Phi) is 9.69. The number of unbranched alkanes of at least 4 members (excludes halogenated alkanes) is 1. The summed E-state index contributed by atoms with van der Waals surface area (Å²) < 4.78 is 10.5. The predicted octanol–water partition coefficient (Wildman–Crippen LogP) is 1.91. The fourth-order valence-electron chi connectivity index (χ4n) is 2.72. The van der Waals surface area contributed by atoms with Crippen LogP contribution in [0.25, 0.3) is 0 Å². The molecule has 0 unspecified atom stereocenters. The number of benzene rings is 1. The number of amides is 1. The highest BCUT2D eigenvalue weighted by atomic mass is 16.5. The van der Waals surface area contributed by atoms with Crippen LogP contribution in [0.15, 0.2) is 36.0 Å². The van der Waals surface area contributed by atoms with Crippen LogP contribution in [0.2, 0.25) is 0 Å². The number of nitrogens with zero attached hydrogens (tertiary/aromatic N) is 2. The third kappa shape index (κ3) is 7.56. The third-order valence-corrected chi connectivity index (χ3v) is 4.43. The zero-order valence-electron chi connectivity index (χ0n) is 16.8. The molecule has 29 heavy (non-hydrogen) atoms. The lowest BCUT2D eigenvalue weighted by molar-refractivity contribution is -0.117. The zero-order chi connectivity index (χ0) is 20.9. The molecule has 1 amide bonds. The number of esters is 1. The molecule has 1 aliphatic heterocycles. The average Bonchev–Trinajstić information content (AvgIpc) is 2.75. The monoisotopic (exact) mass is 400 g/mol. The van der Waals surface area contributed by atoms with Crippen molar-refractivity contribution in [1.29, 1.82) is 5.26 Å². The summed E-state index contributed by atoms with van der Waals surface area (Å²) in [6.45, 7) is 6.58. The van der Waals surface area contributed by atoms with Gasteiger partial charge in [0.1, 0.15) is 11.6 Å². The summed E-state index contributed by atoms with van der Waals surface area (Å²) in [5, 5.41) is 14.9. The van der Waals surface area contributed by atoms with E-state index in [1.54, 1.807) is 24.3 Å². The van der Waals surface area contributed by atoms with Gasteiger partial charge in [0.2, 0.25) is 0 Å². The van der Waals surface area contributed by atoms with Crippen LogP contribution in [0.3, 0.4) is 0 Å². The van der Waals surface area contributed by atoms with Crippen LogP contribution >= 0.6 is 0 Å². The Hall–Kier alpha value is -2.89. The molecule has 2 N–H and O–H groups in total. The maximum Gasteiger partial charge on any atom is 0.340 e. The molecule has 1 heterocycles. The molecule has 0 spiro atoms. The number of ether oxygens (including phenoxy) is 2. The van der Waals surface area contributed by atoms with Crippen LogP contribution in [0.4, 0.5) is 5.69 Å². The molecule has 0 aromatic heterocycles. The Morgan fingerprint density at radius 1 is 1.31 bits per heavy atom. The molecule has 1 aromatic rings. The van der Waals surface area contributed by atoms with Crippen molar-refractivity contribution in [3.8, 4) is 6.07 Å². The van der Waals surface area contributed by atoms with Gasteiger partial charge in [0.25, 0.3) is 5.91 Å². The van der Waals surface area contributed by atoms with Gasteiger partial charge in [-0.3, -0.25) is 9.69 Å². The van der Waals surface area contributed by atoms with Gasteiger partial charge in [0.15, 0.2) is 0 Å². The molecule has 2 rings (SSSR count). The van der Waals surface area contributed by atoms with Crippen molar-refractivity contribution in [2.75, 3.05) is 51.3 Å². The largest absolute Gasteiger partial charge is 0.462 e. The maximum atomic E-state index is 12.3. The molecule has 8 heteroatoms. The van der Waals surface area contributed by atoms with E-state index in [2.05, 4.69) is 15.5 Å². The van der Waals surface area contributed by atoms with Crippen LogP contribution in [-0.4, -0.2) is 62.8 Å². The number of nitrogens with one attached hydrogen (secondary N) is 2. The Morgan fingerprint density at radius 2 is 2.07 bits per heavy atom. The molecule has 0 radical (unpaired) electrons. The van der Waals surface area contributed by atoms with Crippen LogP contribution < -0.4 is 10.6 Å². The topological polar surface area (TPSA) is 104 Å². The average molecular weight is 400 g/mol. The van der Waals surface area contributed by atoms with E-state index in [1.165, 1.54) is 6.20 Å². The number of morpholine rings is 1.